The van der Waals surface area contributed by atoms with Gasteiger partial charge in [-0.1, -0.05) is 122 Å². The van der Waals surface area contributed by atoms with Crippen LogP contribution in [0.15, 0.2) is 132 Å². The summed E-state index contributed by atoms with van der Waals surface area (Å²) in [4.78, 5) is 18.2. The van der Waals surface area contributed by atoms with Crippen LogP contribution in [-0.2, 0) is 24.2 Å². The number of ether oxygens (including phenoxy) is 1. The molecule has 0 unspecified atom stereocenters. The van der Waals surface area contributed by atoms with Crippen molar-refractivity contribution in [3.8, 4) is 11.1 Å². The monoisotopic (exact) mass is 797 g/mol. The van der Waals surface area contributed by atoms with Crippen molar-refractivity contribution in [2.45, 2.75) is 95.5 Å². The second kappa shape index (κ2) is 19.2. The number of carbonyl (C=O) groups is 1. The van der Waals surface area contributed by atoms with Gasteiger partial charge in [0.2, 0.25) is 0 Å². The molecular weight excluding hydrogens is 739 g/mol. The molecular formula is C51H59NO5S. The van der Waals surface area contributed by atoms with Gasteiger partial charge >= 0.3 is 0 Å². The minimum Gasteiger partial charge on any atom is -0.393 e. The number of hydrogen-bond acceptors (Lipinski definition) is 7. The highest BCUT2D eigenvalue weighted by Gasteiger charge is 2.57. The van der Waals surface area contributed by atoms with Crippen LogP contribution >= 0.6 is 11.3 Å². The van der Waals surface area contributed by atoms with Crippen molar-refractivity contribution in [1.82, 2.24) is 4.90 Å². The quantitative estimate of drug-likeness (QED) is 0.0766. The number of nitrogens with zero attached hydrogens (tertiary/aromatic N) is 1. The number of hydrogen-bond donors (Lipinski definition) is 3. The van der Waals surface area contributed by atoms with Crippen LogP contribution in [0.25, 0.3) is 11.1 Å². The fraction of sp³-hybridized carbons (Fsp3) is 0.392. The first-order valence-corrected chi connectivity index (χ1v) is 21.9. The Hall–Kier alpha value is -4.21. The number of thiophene rings is 1. The third-order valence-corrected chi connectivity index (χ3v) is 13.7. The van der Waals surface area contributed by atoms with Crippen molar-refractivity contribution in [2.75, 3.05) is 26.2 Å². The van der Waals surface area contributed by atoms with Crippen molar-refractivity contribution in [2.24, 2.45) is 5.41 Å². The van der Waals surface area contributed by atoms with Gasteiger partial charge in [0.1, 0.15) is 0 Å². The number of fused-ring (bicyclic) bond motifs is 8. The molecule has 8 rings (SSSR count). The lowest BCUT2D eigenvalue weighted by atomic mass is 9.64. The topological polar surface area (TPSA) is 90.2 Å². The Kier molecular flexibility index (Phi) is 13.9. The Morgan fingerprint density at radius 1 is 0.914 bits per heavy atom. The zero-order valence-electron chi connectivity index (χ0n) is 34.1. The maximum absolute atomic E-state index is 14.7. The number of aliphatic hydroxyl groups excluding tert-OH is 2. The average molecular weight is 798 g/mol. The van der Waals surface area contributed by atoms with Gasteiger partial charge in [-0.2, -0.15) is 0 Å². The summed E-state index contributed by atoms with van der Waals surface area (Å²) in [5, 5.41) is 37.7. The van der Waals surface area contributed by atoms with E-state index in [-0.39, 0.29) is 18.3 Å². The van der Waals surface area contributed by atoms with Gasteiger partial charge in [-0.05, 0) is 110 Å². The van der Waals surface area contributed by atoms with Crippen molar-refractivity contribution in [1.29, 1.82) is 0 Å². The van der Waals surface area contributed by atoms with E-state index in [4.69, 9.17) is 4.74 Å². The van der Waals surface area contributed by atoms with E-state index in [1.54, 1.807) is 11.3 Å². The van der Waals surface area contributed by atoms with Gasteiger partial charge in [-0.3, -0.25) is 9.69 Å². The van der Waals surface area contributed by atoms with E-state index in [0.29, 0.717) is 56.6 Å². The fourth-order valence-electron chi connectivity index (χ4n) is 9.36. The van der Waals surface area contributed by atoms with E-state index in [0.717, 1.165) is 59.9 Å². The summed E-state index contributed by atoms with van der Waals surface area (Å²) in [6.07, 6.45) is 6.61. The minimum absolute atomic E-state index is 0.0391. The second-order valence-electron chi connectivity index (χ2n) is 16.9. The van der Waals surface area contributed by atoms with Crippen LogP contribution in [0.3, 0.4) is 0 Å². The summed E-state index contributed by atoms with van der Waals surface area (Å²) in [5.41, 5.74) is 5.96. The molecule has 0 saturated heterocycles. The van der Waals surface area contributed by atoms with Gasteiger partial charge in [0.15, 0.2) is 5.78 Å². The second-order valence-corrected chi connectivity index (χ2v) is 18.0. The van der Waals surface area contributed by atoms with Crippen molar-refractivity contribution in [3.63, 3.8) is 0 Å². The molecule has 1 heterocycles. The number of aliphatic hydroxyl groups is 3. The van der Waals surface area contributed by atoms with E-state index in [2.05, 4.69) is 66.6 Å². The van der Waals surface area contributed by atoms with Crippen LogP contribution in [0.5, 0.6) is 0 Å². The number of allylic oxidation sites excluding steroid dienone is 2. The van der Waals surface area contributed by atoms with Gasteiger partial charge in [-0.25, -0.2) is 0 Å². The molecule has 5 aromatic rings. The maximum atomic E-state index is 14.7. The van der Waals surface area contributed by atoms with Crippen molar-refractivity contribution in [3.05, 3.63) is 165 Å². The molecule has 1 saturated carbocycles. The zero-order chi connectivity index (χ0) is 40.5. The molecule has 3 N–H and O–H groups in total. The highest BCUT2D eigenvalue weighted by molar-refractivity contribution is 7.09. The number of ketones is 1. The van der Waals surface area contributed by atoms with Crippen LogP contribution in [0.2, 0.25) is 0 Å². The van der Waals surface area contributed by atoms with Crippen LogP contribution in [0.1, 0.15) is 95.8 Å². The molecule has 0 aliphatic heterocycles. The molecule has 5 atom stereocenters. The first kappa shape index (κ1) is 41.9. The number of carbonyl (C=O) groups excluding carboxylic acids is 1. The molecule has 6 nitrogen and oxygen atoms in total. The Balaban J connectivity index is 1.20. The first-order valence-electron chi connectivity index (χ1n) is 21.0. The Bertz CT molecular complexity index is 2100. The SMILES string of the molecule is CC1=CCC[C@@]2(C)[C@@H](CC[C@@]2(O)CN(CCc2cccs2)C[C@@H](O)COCc2ccccc2)c2ccc(cc2C(=O)c2ccc(-c3ccccc3)cc2)C[C@@H](O)CC1. The molecule has 3 aliphatic rings. The lowest BCUT2D eigenvalue weighted by Crippen LogP contribution is -2.54. The van der Waals surface area contributed by atoms with E-state index in [1.165, 1.54) is 10.5 Å². The smallest absolute Gasteiger partial charge is 0.193 e. The maximum Gasteiger partial charge on any atom is 0.193 e. The zero-order valence-corrected chi connectivity index (χ0v) is 34.9. The standard InChI is InChI=1S/C51H59NO5S/c1-37-11-9-27-50(2)48(25-28-51(50,56)36-52(29-26-45-16-10-30-58-45)33-44(54)35-57-34-38-12-5-3-6-13-38)46-24-18-39(31-43(53)23-17-37)32-47(46)49(55)42-21-19-41(20-22-42)40-14-7-4-8-15-40/h3-8,10-16,18-22,24,30,32,43-44,48,53-54,56H,9,17,23,25-29,31,33-36H2,1-2H3/t43-,44+,48-,50-,51+/m0/s1. The lowest BCUT2D eigenvalue weighted by molar-refractivity contribution is -0.0905. The van der Waals surface area contributed by atoms with E-state index < -0.39 is 23.2 Å². The summed E-state index contributed by atoms with van der Waals surface area (Å²) >= 11 is 1.73. The summed E-state index contributed by atoms with van der Waals surface area (Å²) < 4.78 is 5.97. The third kappa shape index (κ3) is 10.1. The summed E-state index contributed by atoms with van der Waals surface area (Å²) in [7, 11) is 0. The Labute approximate surface area is 348 Å². The van der Waals surface area contributed by atoms with Crippen molar-refractivity contribution >= 4 is 17.1 Å². The molecule has 0 radical (unpaired) electrons. The van der Waals surface area contributed by atoms with E-state index in [9.17, 15) is 20.1 Å². The van der Waals surface area contributed by atoms with Crippen LogP contribution in [0.4, 0.5) is 0 Å². The lowest BCUT2D eigenvalue weighted by Gasteiger charge is -2.46. The molecule has 0 amide bonds. The Morgan fingerprint density at radius 3 is 2.40 bits per heavy atom. The molecule has 7 heteroatoms. The number of rotatable bonds is 14. The van der Waals surface area contributed by atoms with Crippen molar-refractivity contribution < 1.29 is 24.9 Å². The molecule has 0 spiro atoms. The third-order valence-electron chi connectivity index (χ3n) is 12.8. The van der Waals surface area contributed by atoms with E-state index >= 15 is 0 Å². The average Bonchev–Trinajstić information content (AvgIpc) is 3.85. The summed E-state index contributed by atoms with van der Waals surface area (Å²) in [5.74, 6) is -0.128. The molecule has 304 valence electrons. The fourth-order valence-corrected chi connectivity index (χ4v) is 10.1. The van der Waals surface area contributed by atoms with Crippen LogP contribution < -0.4 is 0 Å². The molecule has 58 heavy (non-hydrogen) atoms. The predicted octanol–water partition coefficient (Wildman–Crippen LogP) is 9.81. The van der Waals surface area contributed by atoms with Gasteiger partial charge in [0.05, 0.1) is 31.0 Å². The number of benzene rings is 4. The molecule has 1 fully saturated rings. The summed E-state index contributed by atoms with van der Waals surface area (Å²) in [6.45, 7) is 6.47. The van der Waals surface area contributed by atoms with Crippen LogP contribution in [-0.4, -0.2) is 70.1 Å². The normalized spacial score (nSPS) is 23.0. The van der Waals surface area contributed by atoms with Gasteiger partial charge < -0.3 is 20.1 Å². The molecule has 1 aromatic heterocycles. The molecule has 3 aliphatic carbocycles. The molecule has 2 bridgehead atoms. The highest BCUT2D eigenvalue weighted by atomic mass is 32.1. The largest absolute Gasteiger partial charge is 0.393 e. The first-order chi connectivity index (χ1) is 28.1. The minimum atomic E-state index is -1.09. The summed E-state index contributed by atoms with van der Waals surface area (Å²) in [6, 6.07) is 38.5. The van der Waals surface area contributed by atoms with Gasteiger partial charge in [-0.15, -0.1) is 11.3 Å². The van der Waals surface area contributed by atoms with Crippen LogP contribution in [0, 0.1) is 5.41 Å². The Morgan fingerprint density at radius 2 is 1.66 bits per heavy atom. The molecule has 4 aromatic carbocycles. The van der Waals surface area contributed by atoms with Gasteiger partial charge in [0.25, 0.3) is 0 Å². The predicted molar refractivity (Wildman–Crippen MR) is 235 cm³/mol. The van der Waals surface area contributed by atoms with Gasteiger partial charge in [0, 0.05) is 41.1 Å². The van der Waals surface area contributed by atoms with E-state index in [1.807, 2.05) is 78.9 Å². The highest BCUT2D eigenvalue weighted by Crippen LogP contribution is 2.59.